The molecule has 4 rings (SSSR count). The molecule has 0 radical (unpaired) electrons. The Morgan fingerprint density at radius 3 is 2.30 bits per heavy atom. The molecule has 0 atom stereocenters. The molecule has 20 heavy (non-hydrogen) atoms. The van der Waals surface area contributed by atoms with Crippen LogP contribution in [0.5, 0.6) is 0 Å². The predicted octanol–water partition coefficient (Wildman–Crippen LogP) is 4.06. The molecule has 96 valence electrons. The number of halogens is 1. The molecule has 0 fully saturated rings. The Hall–Kier alpha value is -1.92. The number of fused-ring (bicyclic) bond motifs is 2. The van der Waals surface area contributed by atoms with E-state index in [-0.39, 0.29) is 0 Å². The van der Waals surface area contributed by atoms with Gasteiger partial charge in [0.15, 0.2) is 0 Å². The molecule has 0 aliphatic heterocycles. The maximum absolute atomic E-state index is 4.49. The van der Waals surface area contributed by atoms with Gasteiger partial charge < -0.3 is 0 Å². The molecule has 2 heterocycles. The molecule has 0 saturated heterocycles. The van der Waals surface area contributed by atoms with Gasteiger partial charge in [0.1, 0.15) is 16.6 Å². The van der Waals surface area contributed by atoms with E-state index in [0.717, 1.165) is 37.7 Å². The molecule has 2 aromatic carbocycles. The summed E-state index contributed by atoms with van der Waals surface area (Å²) in [5.74, 6) is 0. The van der Waals surface area contributed by atoms with Crippen LogP contribution in [-0.4, -0.2) is 18.7 Å². The van der Waals surface area contributed by atoms with Gasteiger partial charge in [-0.05, 0) is 21.5 Å². The molecule has 0 unspecified atom stereocenters. The molecular weight excluding hydrogens is 336 g/mol. The first-order valence-electron chi connectivity index (χ1n) is 5.96. The highest BCUT2D eigenvalue weighted by Crippen LogP contribution is 2.38. The summed E-state index contributed by atoms with van der Waals surface area (Å²) in [6.45, 7) is 0. The Kier molecular flexibility index (Phi) is 2.71. The van der Waals surface area contributed by atoms with E-state index in [1.165, 1.54) is 11.7 Å². The van der Waals surface area contributed by atoms with E-state index >= 15 is 0 Å². The summed E-state index contributed by atoms with van der Waals surface area (Å²) >= 11 is 4.77. The molecule has 0 saturated carbocycles. The van der Waals surface area contributed by atoms with Crippen LogP contribution in [-0.2, 0) is 0 Å². The second-order valence-electron chi connectivity index (χ2n) is 4.27. The van der Waals surface area contributed by atoms with Gasteiger partial charge in [-0.2, -0.15) is 8.75 Å². The van der Waals surface area contributed by atoms with Crippen molar-refractivity contribution in [2.75, 3.05) is 0 Å². The normalized spacial score (nSPS) is 11.2. The van der Waals surface area contributed by atoms with Crippen LogP contribution in [0.15, 0.2) is 47.2 Å². The van der Waals surface area contributed by atoms with E-state index in [4.69, 9.17) is 0 Å². The molecule has 0 spiro atoms. The van der Waals surface area contributed by atoms with Crippen molar-refractivity contribution in [3.05, 3.63) is 47.2 Å². The third-order valence-electron chi connectivity index (χ3n) is 3.14. The largest absolute Gasteiger partial charge is 0.252 e. The fourth-order valence-corrected chi connectivity index (χ4v) is 3.52. The first-order chi connectivity index (χ1) is 9.86. The summed E-state index contributed by atoms with van der Waals surface area (Å²) < 4.78 is 9.66. The maximum atomic E-state index is 4.49. The fourth-order valence-electron chi connectivity index (χ4n) is 2.28. The second kappa shape index (κ2) is 4.57. The van der Waals surface area contributed by atoms with E-state index in [0.29, 0.717) is 0 Å². The number of nitrogens with zero attached hydrogens (tertiary/aromatic N) is 4. The average Bonchev–Trinajstić information content (AvgIpc) is 2.98. The topological polar surface area (TPSA) is 51.6 Å². The number of aromatic nitrogens is 4. The predicted molar refractivity (Wildman–Crippen MR) is 83.6 cm³/mol. The molecule has 4 aromatic rings. The van der Waals surface area contributed by atoms with Crippen LogP contribution in [0.25, 0.3) is 33.2 Å². The zero-order valence-corrected chi connectivity index (χ0v) is 12.5. The Balaban J connectivity index is 2.27. The second-order valence-corrected chi connectivity index (χ2v) is 5.59. The van der Waals surface area contributed by atoms with Gasteiger partial charge in [-0.3, -0.25) is 9.97 Å². The van der Waals surface area contributed by atoms with Crippen LogP contribution in [0, 0.1) is 0 Å². The van der Waals surface area contributed by atoms with Crippen molar-refractivity contribution in [3.63, 3.8) is 0 Å². The molecule has 0 aliphatic rings. The van der Waals surface area contributed by atoms with Crippen molar-refractivity contribution in [3.8, 4) is 11.1 Å². The molecule has 2 aromatic heterocycles. The van der Waals surface area contributed by atoms with E-state index in [1.54, 1.807) is 12.4 Å². The number of hydrogen-bond acceptors (Lipinski definition) is 5. The summed E-state index contributed by atoms with van der Waals surface area (Å²) in [4.78, 5) is 8.92. The van der Waals surface area contributed by atoms with Gasteiger partial charge in [0.05, 0.1) is 21.7 Å². The van der Waals surface area contributed by atoms with Gasteiger partial charge in [-0.15, -0.1) is 0 Å². The minimum absolute atomic E-state index is 0.812. The minimum Gasteiger partial charge on any atom is -0.252 e. The third kappa shape index (κ3) is 1.65. The first-order valence-corrected chi connectivity index (χ1v) is 7.48. The average molecular weight is 343 g/mol. The monoisotopic (exact) mass is 342 g/mol. The van der Waals surface area contributed by atoms with Gasteiger partial charge in [0.2, 0.25) is 0 Å². The van der Waals surface area contributed by atoms with Crippen LogP contribution >= 0.6 is 27.7 Å². The molecule has 0 bridgehead atoms. The minimum atomic E-state index is 0.812. The van der Waals surface area contributed by atoms with E-state index < -0.39 is 0 Å². The van der Waals surface area contributed by atoms with Crippen LogP contribution in [0.1, 0.15) is 0 Å². The van der Waals surface area contributed by atoms with Crippen LogP contribution < -0.4 is 0 Å². The summed E-state index contributed by atoms with van der Waals surface area (Å²) in [6, 6.07) is 10.1. The zero-order valence-electron chi connectivity index (χ0n) is 10.1. The standard InChI is InChI=1S/C14H7BrN4S/c15-10-13-11(16-6-7-17-13)9(8-4-2-1-3-5-8)12-14(10)19-20-18-12/h1-7H. The summed E-state index contributed by atoms with van der Waals surface area (Å²) in [6.07, 6.45) is 3.39. The smallest absolute Gasteiger partial charge is 0.121 e. The number of hydrogen-bond donors (Lipinski definition) is 0. The maximum Gasteiger partial charge on any atom is 0.121 e. The zero-order chi connectivity index (χ0) is 13.5. The molecule has 6 heteroatoms. The summed E-state index contributed by atoms with van der Waals surface area (Å²) in [5, 5.41) is 0. The lowest BCUT2D eigenvalue weighted by molar-refractivity contribution is 1.29. The van der Waals surface area contributed by atoms with Crippen molar-refractivity contribution in [2.24, 2.45) is 0 Å². The molecule has 0 amide bonds. The highest BCUT2D eigenvalue weighted by molar-refractivity contribution is 9.10. The fraction of sp³-hybridized carbons (Fsp3) is 0. The van der Waals surface area contributed by atoms with E-state index in [9.17, 15) is 0 Å². The lowest BCUT2D eigenvalue weighted by atomic mass is 10.0. The van der Waals surface area contributed by atoms with Crippen molar-refractivity contribution in [1.82, 2.24) is 18.7 Å². The SMILES string of the molecule is Brc1c2nccnc2c(-c2ccccc2)c2nsnc12. The highest BCUT2D eigenvalue weighted by Gasteiger charge is 2.18. The quantitative estimate of drug-likeness (QED) is 0.523. The van der Waals surface area contributed by atoms with Crippen LogP contribution in [0.2, 0.25) is 0 Å². The number of rotatable bonds is 1. The summed E-state index contributed by atoms with van der Waals surface area (Å²) in [5.41, 5.74) is 5.41. The van der Waals surface area contributed by atoms with Gasteiger partial charge in [0, 0.05) is 18.0 Å². The third-order valence-corrected chi connectivity index (χ3v) is 4.42. The lowest BCUT2D eigenvalue weighted by Crippen LogP contribution is -1.91. The van der Waals surface area contributed by atoms with Crippen LogP contribution in [0.4, 0.5) is 0 Å². The Bertz CT molecular complexity index is 920. The van der Waals surface area contributed by atoms with Crippen LogP contribution in [0.3, 0.4) is 0 Å². The molecule has 4 nitrogen and oxygen atoms in total. The van der Waals surface area contributed by atoms with Gasteiger partial charge in [0.25, 0.3) is 0 Å². The molecule has 0 aliphatic carbocycles. The van der Waals surface area contributed by atoms with Crippen molar-refractivity contribution in [1.29, 1.82) is 0 Å². The highest BCUT2D eigenvalue weighted by atomic mass is 79.9. The Morgan fingerprint density at radius 2 is 1.50 bits per heavy atom. The van der Waals surface area contributed by atoms with Gasteiger partial charge >= 0.3 is 0 Å². The molecular formula is C14H7BrN4S. The first kappa shape index (κ1) is 11.9. The lowest BCUT2D eigenvalue weighted by Gasteiger charge is -2.07. The van der Waals surface area contributed by atoms with E-state index in [2.05, 4.69) is 46.8 Å². The summed E-state index contributed by atoms with van der Waals surface area (Å²) in [7, 11) is 0. The van der Waals surface area contributed by atoms with Gasteiger partial charge in [-0.1, -0.05) is 30.3 Å². The van der Waals surface area contributed by atoms with Gasteiger partial charge in [-0.25, -0.2) is 0 Å². The van der Waals surface area contributed by atoms with Crippen molar-refractivity contribution >= 4 is 49.7 Å². The number of benzene rings is 2. The van der Waals surface area contributed by atoms with Crippen molar-refractivity contribution in [2.45, 2.75) is 0 Å². The Morgan fingerprint density at radius 1 is 0.800 bits per heavy atom. The van der Waals surface area contributed by atoms with Crippen molar-refractivity contribution < 1.29 is 0 Å². The Labute approximate surface area is 127 Å². The van der Waals surface area contributed by atoms with E-state index in [1.807, 2.05) is 18.2 Å². The molecule has 0 N–H and O–H groups in total.